The molecule has 0 amide bonds. The minimum Gasteiger partial charge on any atom is -0.504 e. The van der Waals surface area contributed by atoms with Crippen LogP contribution >= 0.6 is 0 Å². The van der Waals surface area contributed by atoms with E-state index in [1.165, 1.54) is 13.2 Å². The van der Waals surface area contributed by atoms with Crippen molar-refractivity contribution >= 4 is 11.6 Å². The Bertz CT molecular complexity index is 1330. The number of ether oxygens (including phenoxy) is 1. The number of piperidine rings is 1. The van der Waals surface area contributed by atoms with E-state index in [0.717, 1.165) is 31.9 Å². The number of benzene rings is 2. The van der Waals surface area contributed by atoms with Crippen LogP contribution in [0.5, 0.6) is 11.5 Å². The molecular formula is C25H26FN5O2. The third-order valence-electron chi connectivity index (χ3n) is 6.26. The van der Waals surface area contributed by atoms with E-state index >= 15 is 0 Å². The molecule has 1 aliphatic heterocycles. The first-order valence-corrected chi connectivity index (χ1v) is 11.0. The van der Waals surface area contributed by atoms with Crippen molar-refractivity contribution < 1.29 is 14.2 Å². The summed E-state index contributed by atoms with van der Waals surface area (Å²) in [4.78, 5) is 11.9. The Balaban J connectivity index is 1.78. The fourth-order valence-corrected chi connectivity index (χ4v) is 4.35. The van der Waals surface area contributed by atoms with Gasteiger partial charge < -0.3 is 20.5 Å². The van der Waals surface area contributed by atoms with Crippen LogP contribution in [0, 0.1) is 12.7 Å². The number of aryl methyl sites for hydroxylation is 1. The lowest BCUT2D eigenvalue weighted by atomic mass is 9.98. The summed E-state index contributed by atoms with van der Waals surface area (Å²) in [5, 5.41) is 10.4. The molecule has 3 heterocycles. The molecule has 170 valence electrons. The molecule has 0 atom stereocenters. The SMILES string of the molecule is COc1ccc(-c2c(-c3ccc(C)c(F)c3)nc(N3CCC(N)CC3)n3ccnc23)cc1O. The number of nitrogens with two attached hydrogens (primary N) is 1. The van der Waals surface area contributed by atoms with Crippen LogP contribution in [0.4, 0.5) is 10.3 Å². The average molecular weight is 448 g/mol. The van der Waals surface area contributed by atoms with Gasteiger partial charge in [0, 0.05) is 37.1 Å². The van der Waals surface area contributed by atoms with Crippen molar-refractivity contribution in [2.24, 2.45) is 5.73 Å². The van der Waals surface area contributed by atoms with Gasteiger partial charge in [-0.25, -0.2) is 14.4 Å². The van der Waals surface area contributed by atoms with Gasteiger partial charge in [-0.05, 0) is 49.1 Å². The molecule has 4 aromatic rings. The summed E-state index contributed by atoms with van der Waals surface area (Å²) in [5.74, 6) is 0.823. The molecular weight excluding hydrogens is 421 g/mol. The van der Waals surface area contributed by atoms with Gasteiger partial charge in [0.05, 0.1) is 18.4 Å². The molecule has 7 nitrogen and oxygen atoms in total. The largest absolute Gasteiger partial charge is 0.504 e. The Morgan fingerprint density at radius 2 is 1.88 bits per heavy atom. The van der Waals surface area contributed by atoms with Crippen LogP contribution in [0.3, 0.4) is 0 Å². The Morgan fingerprint density at radius 1 is 1.12 bits per heavy atom. The van der Waals surface area contributed by atoms with Gasteiger partial charge in [-0.1, -0.05) is 18.2 Å². The van der Waals surface area contributed by atoms with Crippen LogP contribution in [0.2, 0.25) is 0 Å². The number of hydrogen-bond donors (Lipinski definition) is 2. The van der Waals surface area contributed by atoms with Crippen molar-refractivity contribution in [3.8, 4) is 33.9 Å². The van der Waals surface area contributed by atoms with E-state index < -0.39 is 0 Å². The molecule has 5 rings (SSSR count). The zero-order valence-electron chi connectivity index (χ0n) is 18.6. The fraction of sp³-hybridized carbons (Fsp3) is 0.280. The quantitative estimate of drug-likeness (QED) is 0.489. The van der Waals surface area contributed by atoms with Crippen molar-refractivity contribution in [3.63, 3.8) is 0 Å². The highest BCUT2D eigenvalue weighted by Gasteiger charge is 2.25. The summed E-state index contributed by atoms with van der Waals surface area (Å²) in [6, 6.07) is 10.5. The molecule has 1 aliphatic rings. The number of phenols is 1. The number of nitrogens with zero attached hydrogens (tertiary/aromatic N) is 4. The van der Waals surface area contributed by atoms with Crippen molar-refractivity contribution in [2.45, 2.75) is 25.8 Å². The van der Waals surface area contributed by atoms with Crippen molar-refractivity contribution in [3.05, 3.63) is 60.2 Å². The number of hydrogen-bond acceptors (Lipinski definition) is 6. The molecule has 0 unspecified atom stereocenters. The molecule has 0 radical (unpaired) electrons. The lowest BCUT2D eigenvalue weighted by Gasteiger charge is -2.32. The number of fused-ring (bicyclic) bond motifs is 1. The predicted octanol–water partition coefficient (Wildman–Crippen LogP) is 4.15. The van der Waals surface area contributed by atoms with Gasteiger partial charge in [-0.3, -0.25) is 4.40 Å². The predicted molar refractivity (Wildman–Crippen MR) is 126 cm³/mol. The molecule has 2 aromatic heterocycles. The van der Waals surface area contributed by atoms with Crippen LogP contribution in [0.15, 0.2) is 48.8 Å². The summed E-state index contributed by atoms with van der Waals surface area (Å²) in [6.45, 7) is 3.30. The van der Waals surface area contributed by atoms with Crippen LogP contribution in [0.25, 0.3) is 28.0 Å². The van der Waals surface area contributed by atoms with Gasteiger partial charge in [-0.15, -0.1) is 0 Å². The summed E-state index contributed by atoms with van der Waals surface area (Å²) < 4.78 is 21.7. The maximum absolute atomic E-state index is 14.6. The van der Waals surface area contributed by atoms with E-state index in [0.29, 0.717) is 39.3 Å². The van der Waals surface area contributed by atoms with Gasteiger partial charge in [0.15, 0.2) is 11.5 Å². The van der Waals surface area contributed by atoms with E-state index in [4.69, 9.17) is 15.5 Å². The topological polar surface area (TPSA) is 88.9 Å². The van der Waals surface area contributed by atoms with Crippen molar-refractivity contribution in [1.29, 1.82) is 0 Å². The van der Waals surface area contributed by atoms with Gasteiger partial charge in [0.1, 0.15) is 11.5 Å². The maximum Gasteiger partial charge on any atom is 0.211 e. The molecule has 1 fully saturated rings. The molecule has 8 heteroatoms. The Morgan fingerprint density at radius 3 is 2.58 bits per heavy atom. The smallest absolute Gasteiger partial charge is 0.211 e. The van der Waals surface area contributed by atoms with Gasteiger partial charge in [0.2, 0.25) is 5.95 Å². The second kappa shape index (κ2) is 8.37. The highest BCUT2D eigenvalue weighted by atomic mass is 19.1. The summed E-state index contributed by atoms with van der Waals surface area (Å²) in [6.07, 6.45) is 5.35. The first-order chi connectivity index (χ1) is 16.0. The van der Waals surface area contributed by atoms with E-state index in [9.17, 15) is 9.50 Å². The highest BCUT2D eigenvalue weighted by Crippen LogP contribution is 2.40. The number of halogens is 1. The van der Waals surface area contributed by atoms with Gasteiger partial charge in [0.25, 0.3) is 0 Å². The molecule has 1 saturated heterocycles. The highest BCUT2D eigenvalue weighted by molar-refractivity contribution is 5.91. The fourth-order valence-electron chi connectivity index (χ4n) is 4.35. The maximum atomic E-state index is 14.6. The Hall–Kier alpha value is -3.65. The first kappa shape index (κ1) is 21.2. The summed E-state index contributed by atoms with van der Waals surface area (Å²) in [5.41, 5.74) is 10.0. The first-order valence-electron chi connectivity index (χ1n) is 11.0. The minimum atomic E-state index is -0.300. The summed E-state index contributed by atoms with van der Waals surface area (Å²) >= 11 is 0. The standard InChI is InChI=1S/C25H26FN5O2/c1-15-3-4-17(13-19(15)26)23-22(16-5-6-21(33-2)20(32)14-16)24-28-9-12-31(24)25(29-23)30-10-7-18(27)8-11-30/h3-6,9,12-14,18,32H,7-8,10-11,27H2,1-2H3. The third-order valence-corrected chi connectivity index (χ3v) is 6.26. The van der Waals surface area contributed by atoms with E-state index in [-0.39, 0.29) is 17.6 Å². The molecule has 2 aromatic carbocycles. The number of methoxy groups -OCH3 is 1. The van der Waals surface area contributed by atoms with Crippen LogP contribution in [0.1, 0.15) is 18.4 Å². The number of anilines is 1. The number of phenolic OH excluding ortho intramolecular Hbond substituents is 1. The normalized spacial score (nSPS) is 14.7. The lowest BCUT2D eigenvalue weighted by Crippen LogP contribution is -2.40. The van der Waals surface area contributed by atoms with Gasteiger partial charge in [-0.2, -0.15) is 0 Å². The van der Waals surface area contributed by atoms with Crippen LogP contribution in [-0.4, -0.2) is 45.7 Å². The number of imidazole rings is 1. The third kappa shape index (κ3) is 3.76. The zero-order valence-corrected chi connectivity index (χ0v) is 18.6. The van der Waals surface area contributed by atoms with Crippen molar-refractivity contribution in [2.75, 3.05) is 25.1 Å². The molecule has 33 heavy (non-hydrogen) atoms. The molecule has 0 aliphatic carbocycles. The summed E-state index contributed by atoms with van der Waals surface area (Å²) in [7, 11) is 1.50. The lowest BCUT2D eigenvalue weighted by molar-refractivity contribution is 0.373. The minimum absolute atomic E-state index is 0.00911. The Labute approximate surface area is 191 Å². The molecule has 3 N–H and O–H groups in total. The number of aromatic hydroxyl groups is 1. The monoisotopic (exact) mass is 447 g/mol. The average Bonchev–Trinajstić information content (AvgIpc) is 3.30. The second-order valence-corrected chi connectivity index (χ2v) is 8.43. The van der Waals surface area contributed by atoms with Crippen LogP contribution < -0.4 is 15.4 Å². The Kier molecular flexibility index (Phi) is 5.38. The van der Waals surface area contributed by atoms with Crippen molar-refractivity contribution in [1.82, 2.24) is 14.4 Å². The number of rotatable bonds is 4. The molecule has 0 spiro atoms. The van der Waals surface area contributed by atoms with E-state index in [1.54, 1.807) is 31.3 Å². The van der Waals surface area contributed by atoms with E-state index in [2.05, 4.69) is 9.88 Å². The van der Waals surface area contributed by atoms with Crippen LogP contribution in [-0.2, 0) is 0 Å². The second-order valence-electron chi connectivity index (χ2n) is 8.43. The molecule has 0 saturated carbocycles. The van der Waals surface area contributed by atoms with Gasteiger partial charge >= 0.3 is 0 Å². The number of aromatic nitrogens is 3. The van der Waals surface area contributed by atoms with E-state index in [1.807, 2.05) is 22.7 Å². The zero-order chi connectivity index (χ0) is 23.1. The molecule has 0 bridgehead atoms.